The normalized spacial score (nSPS) is 12.3. The van der Waals surface area contributed by atoms with E-state index >= 15 is 0 Å². The summed E-state index contributed by atoms with van der Waals surface area (Å²) >= 11 is 0. The van der Waals surface area contributed by atoms with Crippen molar-refractivity contribution in [2.75, 3.05) is 14.2 Å². The molecule has 5 nitrogen and oxygen atoms in total. The summed E-state index contributed by atoms with van der Waals surface area (Å²) in [4.78, 5) is 10.8. The summed E-state index contributed by atoms with van der Waals surface area (Å²) in [6.45, 7) is 0. The van der Waals surface area contributed by atoms with Crippen molar-refractivity contribution in [2.45, 2.75) is 12.5 Å². The van der Waals surface area contributed by atoms with E-state index in [0.717, 1.165) is 6.07 Å². The Bertz CT molecular complexity index is 451. The van der Waals surface area contributed by atoms with Crippen molar-refractivity contribution in [3.63, 3.8) is 0 Å². The molecule has 0 aliphatic rings. The molecule has 0 saturated heterocycles. The van der Waals surface area contributed by atoms with Crippen molar-refractivity contribution in [2.24, 2.45) is 5.73 Å². The lowest BCUT2D eigenvalue weighted by Gasteiger charge is -2.16. The first-order valence-corrected chi connectivity index (χ1v) is 4.94. The van der Waals surface area contributed by atoms with Gasteiger partial charge in [-0.3, -0.25) is 4.79 Å². The molecule has 0 spiro atoms. The van der Waals surface area contributed by atoms with Gasteiger partial charge in [0.25, 0.3) is 6.43 Å². The molecule has 1 atom stereocenters. The predicted octanol–water partition coefficient (Wildman–Crippen LogP) is 1.73. The topological polar surface area (TPSA) is 81.8 Å². The Balaban J connectivity index is 3.40. The number of methoxy groups -OCH3 is 2. The Labute approximate surface area is 102 Å². The van der Waals surface area contributed by atoms with Crippen molar-refractivity contribution in [1.29, 1.82) is 0 Å². The number of carboxylic acids is 1. The zero-order valence-electron chi connectivity index (χ0n) is 9.81. The summed E-state index contributed by atoms with van der Waals surface area (Å²) in [5.74, 6) is -1.33. The SMILES string of the molecule is COc1cc(OC)c(C(N)C(=O)O)cc1C(F)F. The van der Waals surface area contributed by atoms with Gasteiger partial charge in [-0.15, -0.1) is 0 Å². The number of ether oxygens (including phenoxy) is 2. The number of benzene rings is 1. The Morgan fingerprint density at radius 3 is 2.11 bits per heavy atom. The summed E-state index contributed by atoms with van der Waals surface area (Å²) in [5.41, 5.74) is 4.96. The van der Waals surface area contributed by atoms with Gasteiger partial charge < -0.3 is 20.3 Å². The van der Waals surface area contributed by atoms with E-state index in [1.165, 1.54) is 20.3 Å². The Hall–Kier alpha value is -1.89. The summed E-state index contributed by atoms with van der Waals surface area (Å²) in [6, 6.07) is 0.740. The van der Waals surface area contributed by atoms with Gasteiger partial charge in [0.2, 0.25) is 0 Å². The summed E-state index contributed by atoms with van der Waals surface area (Å²) in [6.07, 6.45) is -2.80. The summed E-state index contributed by atoms with van der Waals surface area (Å²) in [5, 5.41) is 8.81. The molecule has 1 unspecified atom stereocenters. The molecule has 0 aliphatic heterocycles. The molecule has 1 aromatic carbocycles. The minimum absolute atomic E-state index is 0.0268. The Kier molecular flexibility index (Phi) is 4.43. The molecule has 0 aromatic heterocycles. The number of halogens is 2. The Morgan fingerprint density at radius 2 is 1.72 bits per heavy atom. The number of aliphatic carboxylic acids is 1. The molecule has 0 aliphatic carbocycles. The van der Waals surface area contributed by atoms with Crippen LogP contribution in [0.25, 0.3) is 0 Å². The Morgan fingerprint density at radius 1 is 1.22 bits per heavy atom. The van der Waals surface area contributed by atoms with E-state index in [0.29, 0.717) is 0 Å². The molecule has 100 valence electrons. The fourth-order valence-electron chi connectivity index (χ4n) is 1.50. The predicted molar refractivity (Wildman–Crippen MR) is 59.1 cm³/mol. The van der Waals surface area contributed by atoms with Gasteiger partial charge in [-0.1, -0.05) is 0 Å². The highest BCUT2D eigenvalue weighted by atomic mass is 19.3. The smallest absolute Gasteiger partial charge is 0.325 e. The lowest BCUT2D eigenvalue weighted by molar-refractivity contribution is -0.138. The van der Waals surface area contributed by atoms with Crippen LogP contribution >= 0.6 is 0 Å². The maximum absolute atomic E-state index is 12.8. The van der Waals surface area contributed by atoms with Crippen LogP contribution in [0.2, 0.25) is 0 Å². The monoisotopic (exact) mass is 261 g/mol. The van der Waals surface area contributed by atoms with E-state index in [1.54, 1.807) is 0 Å². The molecule has 0 saturated carbocycles. The molecule has 0 amide bonds. The molecule has 0 bridgehead atoms. The van der Waals surface area contributed by atoms with Gasteiger partial charge in [0.15, 0.2) is 0 Å². The molecule has 18 heavy (non-hydrogen) atoms. The average Bonchev–Trinajstić information content (AvgIpc) is 2.35. The number of hydrogen-bond donors (Lipinski definition) is 2. The number of carboxylic acid groups (broad SMARTS) is 1. The average molecular weight is 261 g/mol. The fourth-order valence-corrected chi connectivity index (χ4v) is 1.50. The van der Waals surface area contributed by atoms with Crippen LogP contribution < -0.4 is 15.2 Å². The van der Waals surface area contributed by atoms with Crippen molar-refractivity contribution in [3.05, 3.63) is 23.3 Å². The van der Waals surface area contributed by atoms with Crippen LogP contribution in [0.1, 0.15) is 23.6 Å². The van der Waals surface area contributed by atoms with Crippen LogP contribution in [-0.4, -0.2) is 25.3 Å². The third-order valence-corrected chi connectivity index (χ3v) is 2.42. The highest BCUT2D eigenvalue weighted by Gasteiger charge is 2.24. The van der Waals surface area contributed by atoms with E-state index < -0.39 is 24.0 Å². The van der Waals surface area contributed by atoms with Gasteiger partial charge in [-0.2, -0.15) is 0 Å². The van der Waals surface area contributed by atoms with E-state index in [-0.39, 0.29) is 17.1 Å². The van der Waals surface area contributed by atoms with Gasteiger partial charge in [0.1, 0.15) is 17.5 Å². The van der Waals surface area contributed by atoms with Gasteiger partial charge in [-0.25, -0.2) is 8.78 Å². The van der Waals surface area contributed by atoms with Crippen LogP contribution in [0.3, 0.4) is 0 Å². The van der Waals surface area contributed by atoms with Crippen molar-refractivity contribution in [3.8, 4) is 11.5 Å². The number of alkyl halides is 2. The third kappa shape index (κ3) is 2.67. The highest BCUT2D eigenvalue weighted by Crippen LogP contribution is 2.37. The second-order valence-electron chi connectivity index (χ2n) is 3.45. The first kappa shape index (κ1) is 14.2. The molecule has 0 radical (unpaired) electrons. The fraction of sp³-hybridized carbons (Fsp3) is 0.364. The number of carbonyl (C=O) groups is 1. The molecule has 0 fully saturated rings. The molecule has 7 heteroatoms. The molecule has 1 rings (SSSR count). The third-order valence-electron chi connectivity index (χ3n) is 2.42. The van der Waals surface area contributed by atoms with Gasteiger partial charge >= 0.3 is 5.97 Å². The molecular weight excluding hydrogens is 248 g/mol. The van der Waals surface area contributed by atoms with E-state index in [1.807, 2.05) is 0 Å². The summed E-state index contributed by atoms with van der Waals surface area (Å²) in [7, 11) is 2.52. The first-order valence-electron chi connectivity index (χ1n) is 4.94. The van der Waals surface area contributed by atoms with E-state index in [2.05, 4.69) is 0 Å². The van der Waals surface area contributed by atoms with Crippen molar-refractivity contribution >= 4 is 5.97 Å². The van der Waals surface area contributed by atoms with Crippen LogP contribution in [0.5, 0.6) is 11.5 Å². The van der Waals surface area contributed by atoms with Crippen LogP contribution in [0.15, 0.2) is 12.1 Å². The minimum Gasteiger partial charge on any atom is -0.496 e. The van der Waals surface area contributed by atoms with Crippen LogP contribution in [-0.2, 0) is 4.79 Å². The molecule has 1 aromatic rings. The highest BCUT2D eigenvalue weighted by molar-refractivity contribution is 5.76. The zero-order valence-corrected chi connectivity index (χ0v) is 9.81. The number of rotatable bonds is 5. The number of nitrogens with two attached hydrogens (primary N) is 1. The maximum Gasteiger partial charge on any atom is 0.325 e. The van der Waals surface area contributed by atoms with Crippen LogP contribution in [0, 0.1) is 0 Å². The zero-order chi connectivity index (χ0) is 13.9. The van der Waals surface area contributed by atoms with Gasteiger partial charge in [0, 0.05) is 11.6 Å². The minimum atomic E-state index is -2.80. The van der Waals surface area contributed by atoms with Crippen LogP contribution in [0.4, 0.5) is 8.78 Å². The second kappa shape index (κ2) is 5.63. The van der Waals surface area contributed by atoms with Gasteiger partial charge in [0.05, 0.1) is 19.8 Å². The maximum atomic E-state index is 12.8. The molecule has 3 N–H and O–H groups in total. The number of hydrogen-bond acceptors (Lipinski definition) is 4. The van der Waals surface area contributed by atoms with E-state index in [9.17, 15) is 13.6 Å². The largest absolute Gasteiger partial charge is 0.496 e. The van der Waals surface area contributed by atoms with Gasteiger partial charge in [-0.05, 0) is 6.07 Å². The van der Waals surface area contributed by atoms with E-state index in [4.69, 9.17) is 20.3 Å². The quantitative estimate of drug-likeness (QED) is 0.843. The second-order valence-corrected chi connectivity index (χ2v) is 3.45. The molecule has 0 heterocycles. The lowest BCUT2D eigenvalue weighted by atomic mass is 10.0. The lowest BCUT2D eigenvalue weighted by Crippen LogP contribution is -2.21. The molecular formula is C11H13F2NO4. The summed E-state index contributed by atoms with van der Waals surface area (Å²) < 4.78 is 35.3. The van der Waals surface area contributed by atoms with Crippen molar-refractivity contribution < 1.29 is 28.2 Å². The first-order chi connectivity index (χ1) is 8.42. The van der Waals surface area contributed by atoms with Crippen molar-refractivity contribution in [1.82, 2.24) is 0 Å². The standard InChI is InChI=1S/C11H13F2NO4/c1-17-7-4-8(18-2)6(10(12)13)3-5(7)9(14)11(15)16/h3-4,9-10H,14H2,1-2H3,(H,15,16).